The number of primary amides is 1. The number of aliphatic carboxylic acids is 1. The predicted octanol–water partition coefficient (Wildman–Crippen LogP) is 0.481. The Morgan fingerprint density at radius 2 is 2.00 bits per heavy atom. The second-order valence-electron chi connectivity index (χ2n) is 8.37. The highest BCUT2D eigenvalue weighted by Gasteiger charge is 2.58. The maximum Gasteiger partial charge on any atom is 0.404 e. The lowest BCUT2D eigenvalue weighted by Crippen LogP contribution is -2.74. The number of nitrogens with one attached hydrogen (secondary N) is 1. The van der Waals surface area contributed by atoms with Crippen LogP contribution in [0.2, 0.25) is 0 Å². The van der Waals surface area contributed by atoms with Gasteiger partial charge in [0.2, 0.25) is 11.8 Å². The number of carboxylic acid groups (broad SMARTS) is 1. The van der Waals surface area contributed by atoms with Crippen LogP contribution >= 0.6 is 11.8 Å². The van der Waals surface area contributed by atoms with Crippen LogP contribution in [0.25, 0.3) is 0 Å². The summed E-state index contributed by atoms with van der Waals surface area (Å²) < 4.78 is 17.7. The lowest BCUT2D eigenvalue weighted by Gasteiger charge is -2.53. The number of aromatic hydroxyl groups is 1. The second kappa shape index (κ2) is 10.2. The number of hydrogen-bond donors (Lipinski definition) is 4. The molecule has 2 aliphatic heterocycles. The van der Waals surface area contributed by atoms with Crippen molar-refractivity contribution in [2.75, 3.05) is 18.9 Å². The number of carboxylic acids is 1. The van der Waals surface area contributed by atoms with Gasteiger partial charge in [0.1, 0.15) is 29.2 Å². The molecule has 1 aromatic carbocycles. The summed E-state index contributed by atoms with van der Waals surface area (Å²) in [6.45, 7) is 2.83. The molecule has 0 saturated carbocycles. The molecular formula is C21H27N3O8S2. The van der Waals surface area contributed by atoms with Crippen LogP contribution in [0, 0.1) is 11.3 Å². The van der Waals surface area contributed by atoms with E-state index in [0.717, 1.165) is 0 Å². The predicted molar refractivity (Wildman–Crippen MR) is 123 cm³/mol. The van der Waals surface area contributed by atoms with Crippen molar-refractivity contribution in [1.29, 1.82) is 0 Å². The summed E-state index contributed by atoms with van der Waals surface area (Å²) in [5.41, 5.74) is 3.47. The zero-order valence-corrected chi connectivity index (χ0v) is 20.3. The summed E-state index contributed by atoms with van der Waals surface area (Å²) in [6.07, 6.45) is -0.650. The minimum Gasteiger partial charge on any atom is -0.508 e. The third kappa shape index (κ3) is 4.99. The van der Waals surface area contributed by atoms with Gasteiger partial charge < -0.3 is 30.9 Å². The monoisotopic (exact) mass is 513 g/mol. The molecular weight excluding hydrogens is 486 g/mol. The smallest absolute Gasteiger partial charge is 0.404 e. The molecule has 2 aliphatic rings. The quantitative estimate of drug-likeness (QED) is 0.342. The molecule has 2 heterocycles. The number of fused-ring (bicyclic) bond motifs is 1. The van der Waals surface area contributed by atoms with Gasteiger partial charge in [-0.1, -0.05) is 13.8 Å². The van der Waals surface area contributed by atoms with Gasteiger partial charge in [-0.25, -0.2) is 4.79 Å². The molecule has 3 rings (SSSR count). The van der Waals surface area contributed by atoms with Crippen molar-refractivity contribution in [3.63, 3.8) is 0 Å². The van der Waals surface area contributed by atoms with Crippen LogP contribution in [0.3, 0.4) is 0 Å². The molecule has 2 fully saturated rings. The Bertz CT molecular complexity index is 1000. The molecule has 0 aromatic heterocycles. The van der Waals surface area contributed by atoms with Crippen molar-refractivity contribution in [1.82, 2.24) is 10.2 Å². The molecule has 5 N–H and O–H groups in total. The number of carbonyl (C=O) groups excluding carboxylic acids is 3. The number of nitrogens with two attached hydrogens (primary N) is 1. The van der Waals surface area contributed by atoms with E-state index in [1.165, 1.54) is 28.8 Å². The lowest BCUT2D eigenvalue weighted by molar-refractivity contribution is -0.161. The van der Waals surface area contributed by atoms with E-state index in [1.807, 2.05) is 6.92 Å². The first-order chi connectivity index (χ1) is 16.0. The van der Waals surface area contributed by atoms with Crippen LogP contribution < -0.4 is 11.1 Å². The molecule has 11 nitrogen and oxygen atoms in total. The third-order valence-electron chi connectivity index (χ3n) is 6.10. The van der Waals surface area contributed by atoms with Crippen LogP contribution in [0.5, 0.6) is 5.75 Å². The highest BCUT2D eigenvalue weighted by atomic mass is 32.2. The third-order valence-corrected chi connectivity index (χ3v) is 9.72. The molecule has 186 valence electrons. The fraction of sp³-hybridized carbons (Fsp3) is 0.524. The van der Waals surface area contributed by atoms with Gasteiger partial charge in [-0.05, 0) is 30.7 Å². The molecule has 6 atom stereocenters. The van der Waals surface area contributed by atoms with E-state index in [1.54, 1.807) is 19.1 Å². The number of β-lactam (4-membered cyclic amide) rings is 1. The van der Waals surface area contributed by atoms with Crippen molar-refractivity contribution < 1.29 is 38.3 Å². The number of phenolic OH excluding ortho intramolecular Hbond substituents is 1. The number of carbonyl (C=O) groups is 4. The van der Waals surface area contributed by atoms with Crippen molar-refractivity contribution in [3.8, 4) is 5.75 Å². The number of benzene rings is 1. The number of rotatable bonds is 9. The lowest BCUT2D eigenvalue weighted by atomic mass is 9.88. The molecule has 0 aliphatic carbocycles. The number of thioether (sulfide) groups is 1. The molecule has 3 amide bonds. The number of nitrogens with zero attached hydrogens (tertiary/aromatic N) is 1. The largest absolute Gasteiger partial charge is 0.508 e. The zero-order valence-electron chi connectivity index (χ0n) is 18.6. The van der Waals surface area contributed by atoms with E-state index >= 15 is 0 Å². The maximum absolute atomic E-state index is 13.0. The van der Waals surface area contributed by atoms with Crippen molar-refractivity contribution in [2.45, 2.75) is 41.8 Å². The van der Waals surface area contributed by atoms with Crippen LogP contribution in [-0.2, 0) is 29.9 Å². The highest BCUT2D eigenvalue weighted by molar-refractivity contribution is 8.00. The van der Waals surface area contributed by atoms with Gasteiger partial charge >= 0.3 is 12.1 Å². The number of hydrogen-bond acceptors (Lipinski definition) is 8. The summed E-state index contributed by atoms with van der Waals surface area (Å²) >= 11 is 1.18. The summed E-state index contributed by atoms with van der Waals surface area (Å²) in [5.74, 6) is -2.63. The topological polar surface area (TPSA) is 176 Å². The zero-order chi connectivity index (χ0) is 25.2. The van der Waals surface area contributed by atoms with Crippen molar-refractivity contribution in [3.05, 3.63) is 24.3 Å². The van der Waals surface area contributed by atoms with Crippen LogP contribution in [0.15, 0.2) is 29.2 Å². The molecule has 13 heteroatoms. The Hall–Kier alpha value is -2.80. The Labute approximate surface area is 202 Å². The van der Waals surface area contributed by atoms with Gasteiger partial charge in [0.15, 0.2) is 0 Å². The number of phenols is 1. The SMILES string of the molecule is CCC(C(C)C(=O)NC1C(=O)N2CC(COC(N)=O)(C(=O)O)CS[C@H]12)S(=O)c1ccc(O)cc1. The van der Waals surface area contributed by atoms with Gasteiger partial charge in [0.25, 0.3) is 0 Å². The number of ether oxygens (including phenoxy) is 1. The summed E-state index contributed by atoms with van der Waals surface area (Å²) in [6, 6.07) is 5.11. The molecule has 0 bridgehead atoms. The standard InChI is InChI=1S/C21H27N3O8S2/c1-3-14(34(31)13-6-4-12(25)5-7-13)11(2)16(26)23-15-17(27)24-8-21(19(28)29,9-32-20(22)30)10-33-18(15)24/h4-7,11,14-15,18,25H,3,8-10H2,1-2H3,(H2,22,30)(H,23,26)(H,28,29)/t11?,14?,15?,18-,21?,34?/m1/s1. The Morgan fingerprint density at radius 3 is 2.56 bits per heavy atom. The van der Waals surface area contributed by atoms with Crippen molar-refractivity contribution in [2.24, 2.45) is 17.1 Å². The summed E-state index contributed by atoms with van der Waals surface area (Å²) in [4.78, 5) is 50.3. The molecule has 0 radical (unpaired) electrons. The first-order valence-electron chi connectivity index (χ1n) is 10.6. The fourth-order valence-electron chi connectivity index (χ4n) is 4.01. The molecule has 1 aromatic rings. The molecule has 34 heavy (non-hydrogen) atoms. The normalized spacial score (nSPS) is 26.4. The fourth-order valence-corrected chi connectivity index (χ4v) is 7.09. The van der Waals surface area contributed by atoms with Gasteiger partial charge in [-0.2, -0.15) is 0 Å². The van der Waals surface area contributed by atoms with E-state index < -0.39 is 69.3 Å². The van der Waals surface area contributed by atoms with Crippen LogP contribution in [0.4, 0.5) is 4.79 Å². The molecule has 5 unspecified atom stereocenters. The van der Waals surface area contributed by atoms with Gasteiger partial charge in [0.05, 0.1) is 16.0 Å². The second-order valence-corrected chi connectivity index (χ2v) is 11.2. The van der Waals surface area contributed by atoms with Crippen LogP contribution in [0.1, 0.15) is 20.3 Å². The first-order valence-corrected chi connectivity index (χ1v) is 12.8. The van der Waals surface area contributed by atoms with Gasteiger partial charge in [-0.15, -0.1) is 11.8 Å². The summed E-state index contributed by atoms with van der Waals surface area (Å²) in [5, 5.41) is 20.9. The maximum atomic E-state index is 13.0. The van der Waals surface area contributed by atoms with Crippen molar-refractivity contribution >= 4 is 46.4 Å². The van der Waals surface area contributed by atoms with Gasteiger partial charge in [-0.3, -0.25) is 18.6 Å². The Kier molecular flexibility index (Phi) is 7.76. The molecule has 0 spiro atoms. The average Bonchev–Trinajstić information content (AvgIpc) is 2.81. The van der Waals surface area contributed by atoms with E-state index in [9.17, 15) is 33.6 Å². The van der Waals surface area contributed by atoms with E-state index in [2.05, 4.69) is 5.32 Å². The minimum atomic E-state index is -1.51. The first kappa shape index (κ1) is 25.8. The average molecular weight is 514 g/mol. The Morgan fingerprint density at radius 1 is 1.35 bits per heavy atom. The van der Waals surface area contributed by atoms with Gasteiger partial charge in [0, 0.05) is 23.1 Å². The van der Waals surface area contributed by atoms with E-state index in [4.69, 9.17) is 10.5 Å². The minimum absolute atomic E-state index is 0.0470. The van der Waals surface area contributed by atoms with Crippen LogP contribution in [-0.4, -0.2) is 78.8 Å². The van der Waals surface area contributed by atoms with E-state index in [0.29, 0.717) is 11.3 Å². The highest BCUT2D eigenvalue weighted by Crippen LogP contribution is 2.42. The van der Waals surface area contributed by atoms with E-state index in [-0.39, 0.29) is 18.0 Å². The summed E-state index contributed by atoms with van der Waals surface area (Å²) in [7, 11) is -1.51. The Balaban J connectivity index is 1.64. The number of amides is 3. The molecule has 2 saturated heterocycles.